The van der Waals surface area contributed by atoms with Crippen LogP contribution in [0, 0.1) is 6.92 Å². The van der Waals surface area contributed by atoms with Crippen molar-refractivity contribution in [2.45, 2.75) is 49.0 Å². The number of amides is 4. The number of carboxylic acid groups (broad SMARTS) is 1. The highest BCUT2D eigenvalue weighted by atomic mass is 32.2. The number of phenolic OH excluding ortho intramolecular Hbond substituents is 2. The van der Waals surface area contributed by atoms with Crippen LogP contribution in [0.5, 0.6) is 11.5 Å². The van der Waals surface area contributed by atoms with E-state index in [1.165, 1.54) is 31.4 Å². The predicted molar refractivity (Wildman–Crippen MR) is 195 cm³/mol. The lowest BCUT2D eigenvalue weighted by molar-refractivity contribution is -0.150. The average Bonchev–Trinajstić information content (AvgIpc) is 3.78. The van der Waals surface area contributed by atoms with Crippen LogP contribution in [0.2, 0.25) is 0 Å². The molecule has 2 aliphatic rings. The Balaban J connectivity index is 1.15. The maximum absolute atomic E-state index is 13.6. The number of alkyl halides is 3. The van der Waals surface area contributed by atoms with Crippen molar-refractivity contribution in [3.05, 3.63) is 63.7 Å². The Kier molecular flexibility index (Phi) is 11.0. The Hall–Kier alpha value is -6.15. The maximum atomic E-state index is 13.6. The number of oxime groups is 1. The van der Waals surface area contributed by atoms with E-state index in [-0.39, 0.29) is 50.0 Å². The summed E-state index contributed by atoms with van der Waals surface area (Å²) < 4.78 is 40.8. The summed E-state index contributed by atoms with van der Waals surface area (Å²) in [5, 5.41) is 39.8. The van der Waals surface area contributed by atoms with Gasteiger partial charge in [-0.25, -0.2) is 14.8 Å². The molecule has 20 nitrogen and oxygen atoms in total. The monoisotopic (exact) mass is 851 g/mol. The number of nitrogens with one attached hydrogen (secondary N) is 3. The number of fused-ring (bicyclic) bond motifs is 2. The zero-order chi connectivity index (χ0) is 41.6. The largest absolute Gasteiger partial charge is 0.504 e. The highest BCUT2D eigenvalue weighted by Gasteiger charge is 2.54. The summed E-state index contributed by atoms with van der Waals surface area (Å²) in [6, 6.07) is 3.42. The van der Waals surface area contributed by atoms with Gasteiger partial charge < -0.3 is 31.2 Å². The number of aryl methyl sites for hydroxylation is 1. The number of hydrazine groups is 1. The van der Waals surface area contributed by atoms with E-state index >= 15 is 0 Å². The minimum Gasteiger partial charge on any atom is -0.504 e. The van der Waals surface area contributed by atoms with Crippen molar-refractivity contribution in [1.82, 2.24) is 45.6 Å². The van der Waals surface area contributed by atoms with Crippen molar-refractivity contribution >= 4 is 81.1 Å². The Morgan fingerprint density at radius 1 is 1.11 bits per heavy atom. The molecular weight excluding hydrogens is 824 g/mol. The first kappa shape index (κ1) is 40.5. The number of β-lactam (4-membered cyclic amide) rings is 1. The Bertz CT molecular complexity index is 2400. The molecule has 6 rings (SSSR count). The van der Waals surface area contributed by atoms with E-state index in [1.807, 2.05) is 0 Å². The molecule has 1 unspecified atom stereocenters. The number of anilines is 1. The third kappa shape index (κ3) is 8.36. The van der Waals surface area contributed by atoms with Crippen molar-refractivity contribution < 1.29 is 57.3 Å². The number of aromatic hydroxyl groups is 2. The van der Waals surface area contributed by atoms with Gasteiger partial charge in [0.15, 0.2) is 22.3 Å². The highest BCUT2D eigenvalue weighted by Crippen LogP contribution is 2.42. The minimum atomic E-state index is -4.83. The number of phenols is 2. The normalized spacial score (nSPS) is 17.2. The fraction of sp³-hybridized carbons (Fsp3) is 0.290. The molecule has 1 saturated heterocycles. The average molecular weight is 852 g/mol. The molecule has 0 spiro atoms. The number of carboxylic acids is 1. The number of thioether (sulfide) groups is 2. The number of rotatable bonds is 11. The van der Waals surface area contributed by atoms with Crippen molar-refractivity contribution in [3.63, 3.8) is 0 Å². The third-order valence-electron chi connectivity index (χ3n) is 8.01. The quantitative estimate of drug-likeness (QED) is 0.0280. The number of halogens is 3. The summed E-state index contributed by atoms with van der Waals surface area (Å²) in [5.41, 5.74) is 7.69. The minimum absolute atomic E-state index is 0.0353. The number of hydrogen-bond donors (Lipinski definition) is 7. The van der Waals surface area contributed by atoms with Gasteiger partial charge in [0.05, 0.1) is 0 Å². The number of nitrogens with two attached hydrogens (primary N) is 1. The van der Waals surface area contributed by atoms with Crippen LogP contribution in [0.15, 0.2) is 51.1 Å². The second-order valence-corrected chi connectivity index (χ2v) is 15.5. The van der Waals surface area contributed by atoms with Crippen molar-refractivity contribution in [1.29, 1.82) is 0 Å². The maximum Gasteiger partial charge on any atom is 0.453 e. The van der Waals surface area contributed by atoms with E-state index in [4.69, 9.17) is 10.6 Å². The molecule has 8 N–H and O–H groups in total. The smallest absolute Gasteiger partial charge is 0.453 e. The summed E-state index contributed by atoms with van der Waals surface area (Å²) in [7, 11) is 0. The van der Waals surface area contributed by atoms with Crippen molar-refractivity contribution in [2.75, 3.05) is 17.2 Å². The van der Waals surface area contributed by atoms with Gasteiger partial charge in [-0.3, -0.25) is 34.9 Å². The van der Waals surface area contributed by atoms with Crippen LogP contribution in [-0.2, 0) is 30.2 Å². The van der Waals surface area contributed by atoms with E-state index < -0.39 is 75.8 Å². The zero-order valence-corrected chi connectivity index (χ0v) is 31.8. The van der Waals surface area contributed by atoms with Gasteiger partial charge in [0.2, 0.25) is 5.60 Å². The second kappa shape index (κ2) is 15.4. The lowest BCUT2D eigenvalue weighted by atomic mass is 10.0. The number of benzene rings is 1. The first-order chi connectivity index (χ1) is 26.7. The molecule has 1 fully saturated rings. The van der Waals surface area contributed by atoms with Crippen LogP contribution in [0.25, 0.3) is 5.78 Å². The molecule has 3 aromatic heterocycles. The SMILES string of the molecule is Cc1cc(SCC2=C(C(=O)O)N3C(=O)C(NC(=O)C(=NOC(C)(C)C(=O)NNC(=O)c4ccc(O)c(O)c4)c4csc(N)n4)[C@H]3SC2)n2nc(C(F)(F)F)nc2n1. The lowest BCUT2D eigenvalue weighted by Gasteiger charge is -2.49. The summed E-state index contributed by atoms with van der Waals surface area (Å²) in [5.74, 6) is -7.77. The topological polar surface area (TPSA) is 289 Å². The summed E-state index contributed by atoms with van der Waals surface area (Å²) >= 11 is 3.04. The molecule has 0 aliphatic carbocycles. The van der Waals surface area contributed by atoms with Gasteiger partial charge in [-0.15, -0.1) is 40.0 Å². The standard InChI is InChI=1S/C31H28F3N11O9S3/c1-11-6-17(45-29(36-11)39-26(42-45)31(32,33)34)55-8-13-9-56-24-19(23(50)44(24)20(13)25(51)52)38-22(49)18(14-10-57-28(35)37-14)43-54-30(2,3)27(53)41-40-21(48)12-4-5-15(46)16(47)7-12/h4-7,10,19,24,46-47H,8-9H2,1-3H3,(H2,35,37)(H,38,49)(H,40,48)(H,41,53)(H,51,52)/t19?,24-/m1/s1. The first-order valence-corrected chi connectivity index (χ1v) is 18.9. The highest BCUT2D eigenvalue weighted by molar-refractivity contribution is 8.01. The molecule has 0 radical (unpaired) electrons. The number of carbonyl (C=O) groups excluding carboxylic acids is 4. The summed E-state index contributed by atoms with van der Waals surface area (Å²) in [6.07, 6.45) is -4.83. The van der Waals surface area contributed by atoms with E-state index in [2.05, 4.69) is 41.4 Å². The first-order valence-electron chi connectivity index (χ1n) is 16.0. The van der Waals surface area contributed by atoms with Crippen LogP contribution in [0.4, 0.5) is 18.3 Å². The molecule has 4 aromatic rings. The van der Waals surface area contributed by atoms with Crippen LogP contribution in [0.3, 0.4) is 0 Å². The Morgan fingerprint density at radius 2 is 1.84 bits per heavy atom. The lowest BCUT2D eigenvalue weighted by Crippen LogP contribution is -2.71. The number of aromatic nitrogens is 5. The van der Waals surface area contributed by atoms with Crippen LogP contribution >= 0.6 is 34.9 Å². The third-order valence-corrected chi connectivity index (χ3v) is 11.1. The van der Waals surface area contributed by atoms with Gasteiger partial charge in [-0.2, -0.15) is 22.7 Å². The van der Waals surface area contributed by atoms with Gasteiger partial charge >= 0.3 is 12.1 Å². The molecular formula is C31H28F3N11O9S3. The predicted octanol–water partition coefficient (Wildman–Crippen LogP) is 1.39. The van der Waals surface area contributed by atoms with Crippen LogP contribution in [0.1, 0.15) is 41.4 Å². The fourth-order valence-corrected chi connectivity index (χ4v) is 8.23. The van der Waals surface area contributed by atoms with Gasteiger partial charge in [-0.1, -0.05) is 5.16 Å². The van der Waals surface area contributed by atoms with Crippen molar-refractivity contribution in [3.8, 4) is 11.5 Å². The molecule has 300 valence electrons. The van der Waals surface area contributed by atoms with Gasteiger partial charge in [0.1, 0.15) is 27.8 Å². The van der Waals surface area contributed by atoms with E-state index in [0.717, 1.165) is 56.4 Å². The number of aliphatic carboxylic acids is 1. The van der Waals surface area contributed by atoms with E-state index in [0.29, 0.717) is 5.69 Å². The number of hydrogen-bond acceptors (Lipinski definition) is 17. The summed E-state index contributed by atoms with van der Waals surface area (Å²) in [6.45, 7) is 4.05. The molecule has 26 heteroatoms. The van der Waals surface area contributed by atoms with Gasteiger partial charge in [-0.05, 0) is 50.6 Å². The van der Waals surface area contributed by atoms with Crippen LogP contribution < -0.4 is 21.9 Å². The molecule has 2 atom stereocenters. The molecule has 2 aliphatic heterocycles. The van der Waals surface area contributed by atoms with Gasteiger partial charge in [0, 0.05) is 28.1 Å². The molecule has 1 aromatic carbocycles. The zero-order valence-electron chi connectivity index (χ0n) is 29.3. The molecule has 5 heterocycles. The summed E-state index contributed by atoms with van der Waals surface area (Å²) in [4.78, 5) is 82.8. The van der Waals surface area contributed by atoms with E-state index in [1.54, 1.807) is 6.92 Å². The molecule has 4 amide bonds. The second-order valence-electron chi connectivity index (χ2n) is 12.5. The van der Waals surface area contributed by atoms with Crippen molar-refractivity contribution in [2.24, 2.45) is 5.16 Å². The molecule has 57 heavy (non-hydrogen) atoms. The molecule has 0 saturated carbocycles. The number of nitrogen functional groups attached to an aromatic ring is 1. The van der Waals surface area contributed by atoms with Gasteiger partial charge in [0.25, 0.3) is 35.2 Å². The number of nitrogens with zero attached hydrogens (tertiary/aromatic N) is 7. The number of thiazole rings is 1. The van der Waals surface area contributed by atoms with E-state index in [9.17, 15) is 52.5 Å². The Labute approximate surface area is 329 Å². The number of carbonyl (C=O) groups is 5. The van der Waals surface area contributed by atoms with Crippen LogP contribution in [-0.4, -0.2) is 109 Å². The fourth-order valence-electron chi connectivity index (χ4n) is 5.14. The Morgan fingerprint density at radius 3 is 2.49 bits per heavy atom. The molecule has 0 bridgehead atoms.